The zero-order valence-corrected chi connectivity index (χ0v) is 9.53. The van der Waals surface area contributed by atoms with Crippen LogP contribution in [0.4, 0.5) is 0 Å². The van der Waals surface area contributed by atoms with E-state index >= 15 is 0 Å². The molecule has 72 valence electrons. The summed E-state index contributed by atoms with van der Waals surface area (Å²) in [6.45, 7) is 11.6. The Labute approximate surface area is 81.3 Å². The molecule has 0 aromatic heterocycles. The molecular formula is C9H20N2S. The zero-order chi connectivity index (χ0) is 9.72. The second kappa shape index (κ2) is 5.36. The van der Waals surface area contributed by atoms with E-state index in [0.717, 1.165) is 11.7 Å². The van der Waals surface area contributed by atoms with Crippen molar-refractivity contribution in [1.82, 2.24) is 10.2 Å². The Morgan fingerprint density at radius 2 is 1.83 bits per heavy atom. The number of thiocarbonyl (C=S) groups is 1. The van der Waals surface area contributed by atoms with Gasteiger partial charge in [-0.25, -0.2) is 0 Å². The second-order valence-corrected chi connectivity index (χ2v) is 3.87. The Hall–Kier alpha value is -0.310. The molecule has 0 aliphatic carbocycles. The largest absolute Gasteiger partial charge is 0.360 e. The summed E-state index contributed by atoms with van der Waals surface area (Å²) in [5.74, 6) is 0. The Morgan fingerprint density at radius 3 is 2.08 bits per heavy atom. The maximum absolute atomic E-state index is 5.24. The van der Waals surface area contributed by atoms with Crippen LogP contribution in [0.5, 0.6) is 0 Å². The van der Waals surface area contributed by atoms with Gasteiger partial charge in [0.1, 0.15) is 0 Å². The van der Waals surface area contributed by atoms with Gasteiger partial charge >= 0.3 is 0 Å². The molecule has 0 unspecified atom stereocenters. The number of hydrogen-bond donors (Lipinski definition) is 1. The van der Waals surface area contributed by atoms with E-state index in [-0.39, 0.29) is 0 Å². The summed E-state index contributed by atoms with van der Waals surface area (Å²) in [7, 11) is 0. The van der Waals surface area contributed by atoms with Crippen molar-refractivity contribution < 1.29 is 0 Å². The van der Waals surface area contributed by atoms with Gasteiger partial charge in [-0.05, 0) is 46.8 Å². The van der Waals surface area contributed by atoms with Crippen LogP contribution in [0.15, 0.2) is 0 Å². The van der Waals surface area contributed by atoms with Crippen molar-refractivity contribution in [3.8, 4) is 0 Å². The van der Waals surface area contributed by atoms with Crippen LogP contribution in [0.25, 0.3) is 0 Å². The molecule has 0 saturated heterocycles. The predicted molar refractivity (Wildman–Crippen MR) is 58.4 cm³/mol. The van der Waals surface area contributed by atoms with Crippen molar-refractivity contribution >= 4 is 17.3 Å². The molecule has 0 saturated carbocycles. The summed E-state index contributed by atoms with van der Waals surface area (Å²) >= 11 is 5.24. The summed E-state index contributed by atoms with van der Waals surface area (Å²) in [5.41, 5.74) is 0. The van der Waals surface area contributed by atoms with E-state index in [2.05, 4.69) is 44.8 Å². The van der Waals surface area contributed by atoms with E-state index in [1.54, 1.807) is 0 Å². The minimum Gasteiger partial charge on any atom is -0.360 e. The van der Waals surface area contributed by atoms with E-state index in [1.165, 1.54) is 0 Å². The molecule has 1 N–H and O–H groups in total. The Morgan fingerprint density at radius 1 is 1.33 bits per heavy atom. The molecule has 0 rings (SSSR count). The van der Waals surface area contributed by atoms with Gasteiger partial charge in [-0.3, -0.25) is 0 Å². The molecule has 0 heterocycles. The van der Waals surface area contributed by atoms with Gasteiger partial charge < -0.3 is 10.2 Å². The van der Waals surface area contributed by atoms with Crippen molar-refractivity contribution in [3.63, 3.8) is 0 Å². The van der Waals surface area contributed by atoms with E-state index in [4.69, 9.17) is 12.2 Å². The first-order valence-electron chi connectivity index (χ1n) is 4.56. The first-order chi connectivity index (χ1) is 5.49. The molecule has 0 aliphatic heterocycles. The average molecular weight is 188 g/mol. The molecule has 12 heavy (non-hydrogen) atoms. The van der Waals surface area contributed by atoms with Crippen LogP contribution in [-0.2, 0) is 0 Å². The molecule has 0 spiro atoms. The van der Waals surface area contributed by atoms with Crippen molar-refractivity contribution in [2.75, 3.05) is 6.54 Å². The highest BCUT2D eigenvalue weighted by Gasteiger charge is 2.10. The van der Waals surface area contributed by atoms with Gasteiger partial charge in [-0.15, -0.1) is 0 Å². The van der Waals surface area contributed by atoms with Crippen LogP contribution in [0, 0.1) is 0 Å². The van der Waals surface area contributed by atoms with E-state index in [0.29, 0.717) is 12.1 Å². The lowest BCUT2D eigenvalue weighted by molar-refractivity contribution is 0.358. The van der Waals surface area contributed by atoms with Crippen molar-refractivity contribution in [1.29, 1.82) is 0 Å². The Bertz CT molecular complexity index is 143. The van der Waals surface area contributed by atoms with E-state index < -0.39 is 0 Å². The monoisotopic (exact) mass is 188 g/mol. The lowest BCUT2D eigenvalue weighted by Crippen LogP contribution is -2.45. The normalized spacial score (nSPS) is 10.6. The smallest absolute Gasteiger partial charge is 0.169 e. The summed E-state index contributed by atoms with van der Waals surface area (Å²) < 4.78 is 0. The summed E-state index contributed by atoms with van der Waals surface area (Å²) in [4.78, 5) is 2.18. The van der Waals surface area contributed by atoms with Crippen LogP contribution >= 0.6 is 12.2 Å². The predicted octanol–water partition coefficient (Wildman–Crippen LogP) is 2.00. The van der Waals surface area contributed by atoms with Crippen molar-refractivity contribution in [2.24, 2.45) is 0 Å². The maximum atomic E-state index is 5.24. The molecule has 0 fully saturated rings. The maximum Gasteiger partial charge on any atom is 0.169 e. The lowest BCUT2D eigenvalue weighted by atomic mass is 10.3. The first kappa shape index (κ1) is 11.7. The van der Waals surface area contributed by atoms with Crippen molar-refractivity contribution in [3.05, 3.63) is 0 Å². The Balaban J connectivity index is 4.04. The molecule has 0 radical (unpaired) electrons. The SMILES string of the molecule is CCN(C(=S)NC(C)C)C(C)C. The van der Waals surface area contributed by atoms with Gasteiger partial charge in [0.05, 0.1) is 0 Å². The summed E-state index contributed by atoms with van der Waals surface area (Å²) in [5, 5.41) is 4.10. The number of nitrogens with one attached hydrogen (secondary N) is 1. The topological polar surface area (TPSA) is 15.3 Å². The molecule has 0 aromatic carbocycles. The standard InChI is InChI=1S/C9H20N2S/c1-6-11(8(4)5)9(12)10-7(2)3/h7-8H,6H2,1-5H3,(H,10,12). The molecular weight excluding hydrogens is 168 g/mol. The van der Waals surface area contributed by atoms with E-state index in [9.17, 15) is 0 Å². The summed E-state index contributed by atoms with van der Waals surface area (Å²) in [6.07, 6.45) is 0. The fourth-order valence-electron chi connectivity index (χ4n) is 1.07. The minimum atomic E-state index is 0.422. The van der Waals surface area contributed by atoms with Crippen LogP contribution < -0.4 is 5.32 Å². The molecule has 0 bridgehead atoms. The molecule has 2 nitrogen and oxygen atoms in total. The van der Waals surface area contributed by atoms with Gasteiger partial charge in [0, 0.05) is 18.6 Å². The van der Waals surface area contributed by atoms with Crippen molar-refractivity contribution in [2.45, 2.75) is 46.7 Å². The van der Waals surface area contributed by atoms with Crippen LogP contribution in [0.2, 0.25) is 0 Å². The number of rotatable bonds is 3. The Kier molecular flexibility index (Phi) is 5.22. The van der Waals surface area contributed by atoms with Crippen LogP contribution in [0.3, 0.4) is 0 Å². The highest BCUT2D eigenvalue weighted by Crippen LogP contribution is 1.98. The average Bonchev–Trinajstić information content (AvgIpc) is 1.85. The third-order valence-electron chi connectivity index (χ3n) is 1.64. The third kappa shape index (κ3) is 3.90. The van der Waals surface area contributed by atoms with E-state index in [1.807, 2.05) is 0 Å². The van der Waals surface area contributed by atoms with Gasteiger partial charge in [-0.1, -0.05) is 0 Å². The van der Waals surface area contributed by atoms with Gasteiger partial charge in [-0.2, -0.15) is 0 Å². The molecule has 0 aliphatic rings. The minimum absolute atomic E-state index is 0.422. The molecule has 0 aromatic rings. The van der Waals surface area contributed by atoms with Crippen LogP contribution in [-0.4, -0.2) is 28.6 Å². The fourth-order valence-corrected chi connectivity index (χ4v) is 1.65. The lowest BCUT2D eigenvalue weighted by Gasteiger charge is -2.29. The highest BCUT2D eigenvalue weighted by molar-refractivity contribution is 7.80. The van der Waals surface area contributed by atoms with Gasteiger partial charge in [0.2, 0.25) is 0 Å². The van der Waals surface area contributed by atoms with Crippen LogP contribution in [0.1, 0.15) is 34.6 Å². The van der Waals surface area contributed by atoms with Gasteiger partial charge in [0.25, 0.3) is 0 Å². The zero-order valence-electron chi connectivity index (χ0n) is 8.72. The quantitative estimate of drug-likeness (QED) is 0.682. The summed E-state index contributed by atoms with van der Waals surface area (Å²) in [6, 6.07) is 0.902. The van der Waals surface area contributed by atoms with Gasteiger partial charge in [0.15, 0.2) is 5.11 Å². The second-order valence-electron chi connectivity index (χ2n) is 3.48. The molecule has 3 heteroatoms. The third-order valence-corrected chi connectivity index (χ3v) is 1.99. The first-order valence-corrected chi connectivity index (χ1v) is 4.97. The number of nitrogens with zero attached hydrogens (tertiary/aromatic N) is 1. The molecule has 0 atom stereocenters. The number of hydrogen-bond acceptors (Lipinski definition) is 1. The highest BCUT2D eigenvalue weighted by atomic mass is 32.1. The fraction of sp³-hybridized carbons (Fsp3) is 0.889. The molecule has 0 amide bonds.